The summed E-state index contributed by atoms with van der Waals surface area (Å²) in [4.78, 5) is 0. The van der Waals surface area contributed by atoms with Crippen molar-refractivity contribution < 1.29 is 0 Å². The Balaban J connectivity index is 0.000000115. The van der Waals surface area contributed by atoms with Crippen molar-refractivity contribution >= 4 is 63.7 Å². The maximum Gasteiger partial charge on any atom is 0.0535 e. The minimum atomic E-state index is 0.254. The average molecular weight is 780 g/mol. The van der Waals surface area contributed by atoms with Crippen LogP contribution in [0.1, 0.15) is 47.9 Å². The number of halogens is 4. The predicted molar refractivity (Wildman–Crippen MR) is 178 cm³/mol. The van der Waals surface area contributed by atoms with E-state index in [0.29, 0.717) is 0 Å². The molecule has 0 amide bonds. The lowest BCUT2D eigenvalue weighted by molar-refractivity contribution is 0.369. The molecule has 0 aliphatic heterocycles. The van der Waals surface area contributed by atoms with Crippen LogP contribution >= 0.6 is 63.7 Å². The van der Waals surface area contributed by atoms with Crippen LogP contribution in [0.4, 0.5) is 0 Å². The van der Waals surface area contributed by atoms with Gasteiger partial charge in [-0.25, -0.2) is 0 Å². The van der Waals surface area contributed by atoms with Crippen molar-refractivity contribution in [3.8, 4) is 0 Å². The van der Waals surface area contributed by atoms with Crippen LogP contribution < -0.4 is 0 Å². The highest BCUT2D eigenvalue weighted by Gasteiger charge is 3.06. The number of hydrogen-bond acceptors (Lipinski definition) is 0. The summed E-state index contributed by atoms with van der Waals surface area (Å²) in [5.41, 5.74) is 7.11. The second kappa shape index (κ2) is 7.47. The molecule has 0 radical (unpaired) electrons. The zero-order valence-corrected chi connectivity index (χ0v) is 28.2. The Morgan fingerprint density at radius 2 is 0.475 bits per heavy atom. The van der Waals surface area contributed by atoms with Gasteiger partial charge in [-0.15, -0.1) is 0 Å². The van der Waals surface area contributed by atoms with Crippen LogP contribution in [0.3, 0.4) is 0 Å². The van der Waals surface area contributed by atoms with Gasteiger partial charge in [-0.1, -0.05) is 185 Å². The number of rotatable bonds is 4. The van der Waals surface area contributed by atoms with Crippen molar-refractivity contribution in [3.63, 3.8) is 0 Å². The Bertz CT molecular complexity index is 1430. The first-order chi connectivity index (χ1) is 19.2. The summed E-state index contributed by atoms with van der Waals surface area (Å²) >= 11 is 16.3. The quantitative estimate of drug-likeness (QED) is 0.181. The van der Waals surface area contributed by atoms with E-state index in [9.17, 15) is 0 Å². The van der Waals surface area contributed by atoms with Crippen molar-refractivity contribution in [1.29, 1.82) is 0 Å². The second-order valence-electron chi connectivity index (χ2n) is 13.0. The van der Waals surface area contributed by atoms with Gasteiger partial charge in [0.15, 0.2) is 0 Å². The Morgan fingerprint density at radius 3 is 0.625 bits per heavy atom. The molecule has 0 heterocycles. The summed E-state index contributed by atoms with van der Waals surface area (Å²) in [6.07, 6.45) is 4.96. The van der Waals surface area contributed by atoms with Crippen LogP contribution in [0.5, 0.6) is 0 Å². The topological polar surface area (TPSA) is 0 Å². The molecule has 40 heavy (non-hydrogen) atoms. The first kappa shape index (κ1) is 25.3. The van der Waals surface area contributed by atoms with Gasteiger partial charge in [-0.3, -0.25) is 0 Å². The van der Waals surface area contributed by atoms with Crippen molar-refractivity contribution in [2.45, 2.75) is 64.6 Å². The highest BCUT2D eigenvalue weighted by molar-refractivity contribution is 9.13. The monoisotopic (exact) mass is 776 g/mol. The van der Waals surface area contributed by atoms with Gasteiger partial charge in [-0.2, -0.15) is 0 Å². The van der Waals surface area contributed by atoms with Crippen LogP contribution in [-0.4, -0.2) is 17.3 Å². The second-order valence-corrected chi connectivity index (χ2v) is 18.4. The molecule has 6 aliphatic carbocycles. The van der Waals surface area contributed by atoms with Crippen LogP contribution in [0, 0.1) is 0 Å². The molecule has 6 aliphatic rings. The summed E-state index contributed by atoms with van der Waals surface area (Å²) in [7, 11) is 0. The fourth-order valence-electron chi connectivity index (χ4n) is 10.2. The van der Waals surface area contributed by atoms with Gasteiger partial charge >= 0.3 is 0 Å². The highest BCUT2D eigenvalue weighted by Crippen LogP contribution is 3.01. The van der Waals surface area contributed by atoms with E-state index in [2.05, 4.69) is 185 Å². The summed E-state index contributed by atoms with van der Waals surface area (Å²) in [5, 5.41) is 0. The smallest absolute Gasteiger partial charge is 0.0535 e. The maximum atomic E-state index is 4.08. The third-order valence-corrected chi connectivity index (χ3v) is 19.6. The molecule has 0 saturated heterocycles. The van der Waals surface area contributed by atoms with Gasteiger partial charge in [0.1, 0.15) is 0 Å². The normalized spacial score (nSPS) is 46.9. The van der Waals surface area contributed by atoms with E-state index in [0.717, 1.165) is 0 Å². The van der Waals surface area contributed by atoms with E-state index in [-0.39, 0.29) is 39.0 Å². The fourth-order valence-corrected chi connectivity index (χ4v) is 16.1. The van der Waals surface area contributed by atoms with Gasteiger partial charge in [-0.05, 0) is 47.9 Å². The number of fused-ring (bicyclic) bond motifs is 8. The summed E-state index contributed by atoms with van der Waals surface area (Å²) in [6.45, 7) is 0. The zero-order valence-electron chi connectivity index (χ0n) is 21.9. The zero-order chi connectivity index (χ0) is 27.3. The molecule has 6 saturated carbocycles. The molecule has 4 aromatic carbocycles. The van der Waals surface area contributed by atoms with E-state index in [4.69, 9.17) is 0 Å². The molecular weight excluding hydrogens is 752 g/mol. The maximum absolute atomic E-state index is 4.08. The molecule has 0 nitrogen and oxygen atoms in total. The molecule has 0 N–H and O–H groups in total. The lowest BCUT2D eigenvalue weighted by Gasteiger charge is -2.46. The molecule has 0 aromatic heterocycles. The fraction of sp³-hybridized carbons (Fsp3) is 0.333. The van der Waals surface area contributed by atoms with Crippen molar-refractivity contribution in [1.82, 2.24) is 0 Å². The molecule has 4 aromatic rings. The van der Waals surface area contributed by atoms with Gasteiger partial charge in [0.05, 0.1) is 17.3 Å². The molecule has 0 bridgehead atoms. The molecule has 4 heteroatoms. The minimum absolute atomic E-state index is 0.254. The molecule has 0 spiro atoms. The van der Waals surface area contributed by atoms with Crippen LogP contribution in [0.15, 0.2) is 121 Å². The van der Waals surface area contributed by atoms with Crippen LogP contribution in [0.2, 0.25) is 0 Å². The van der Waals surface area contributed by atoms with E-state index in [1.807, 2.05) is 0 Å². The first-order valence-corrected chi connectivity index (χ1v) is 17.4. The van der Waals surface area contributed by atoms with Gasteiger partial charge in [0.2, 0.25) is 0 Å². The Kier molecular flexibility index (Phi) is 4.72. The molecular formula is C36H28Br4. The van der Waals surface area contributed by atoms with Gasteiger partial charge in [0.25, 0.3) is 0 Å². The number of hydrogen-bond donors (Lipinski definition) is 0. The number of alkyl halides is 4. The van der Waals surface area contributed by atoms with Gasteiger partial charge in [0, 0.05) is 21.7 Å². The van der Waals surface area contributed by atoms with E-state index in [1.165, 1.54) is 47.9 Å². The summed E-state index contributed by atoms with van der Waals surface area (Å²) in [6, 6.07) is 44.3. The lowest BCUT2D eigenvalue weighted by Crippen LogP contribution is -2.53. The lowest BCUT2D eigenvalue weighted by atomic mass is 9.64. The Labute approximate surface area is 269 Å². The van der Waals surface area contributed by atoms with Crippen molar-refractivity contribution in [2.75, 3.05) is 0 Å². The van der Waals surface area contributed by atoms with E-state index >= 15 is 0 Å². The SMILES string of the molecule is Br[C@@]12C[C@]1(c1ccccc1)[C@@]1(c3ccccc3)C[C@@]21Br.Br[C@@]12C[C@]1(c1ccccc1)[C@@]1(c3ccccc3)C[C@@]21Br. The molecule has 8 atom stereocenters. The Hall–Kier alpha value is -1.20. The number of benzene rings is 4. The molecule has 200 valence electrons. The summed E-state index contributed by atoms with van der Waals surface area (Å²) in [5.74, 6) is 0. The third kappa shape index (κ3) is 2.31. The van der Waals surface area contributed by atoms with Crippen LogP contribution in [-0.2, 0) is 21.7 Å². The average Bonchev–Trinajstić information content (AvgIpc) is 3.96. The van der Waals surface area contributed by atoms with E-state index < -0.39 is 0 Å². The minimum Gasteiger partial charge on any atom is -0.0827 e. The van der Waals surface area contributed by atoms with Gasteiger partial charge < -0.3 is 0 Å². The van der Waals surface area contributed by atoms with Crippen molar-refractivity contribution in [2.24, 2.45) is 0 Å². The molecule has 10 rings (SSSR count). The third-order valence-electron chi connectivity index (χ3n) is 12.0. The summed E-state index contributed by atoms with van der Waals surface area (Å²) < 4.78 is 1.02. The first-order valence-electron chi connectivity index (χ1n) is 14.2. The largest absolute Gasteiger partial charge is 0.0827 e. The molecule has 0 unspecified atom stereocenters. The predicted octanol–water partition coefficient (Wildman–Crippen LogP) is 9.90. The van der Waals surface area contributed by atoms with E-state index in [1.54, 1.807) is 0 Å². The standard InChI is InChI=1S/2C18H14Br2/c2*19-17-11-15(17,13-7-3-1-4-8-13)16(12-18(16,17)20)14-9-5-2-6-10-14/h2*1-10H,11-12H2/t2*15-,16-,17-,18-/m00/s1. The molecule has 6 fully saturated rings. The van der Waals surface area contributed by atoms with Crippen LogP contribution in [0.25, 0.3) is 0 Å². The Morgan fingerprint density at radius 1 is 0.300 bits per heavy atom. The highest BCUT2D eigenvalue weighted by atomic mass is 79.9. The van der Waals surface area contributed by atoms with Crippen molar-refractivity contribution in [3.05, 3.63) is 144 Å².